The lowest BCUT2D eigenvalue weighted by atomic mass is 9.93. The summed E-state index contributed by atoms with van der Waals surface area (Å²) in [5.41, 5.74) is 1.06. The van der Waals surface area contributed by atoms with Gasteiger partial charge in [-0.3, -0.25) is 4.79 Å². The first-order valence-corrected chi connectivity index (χ1v) is 7.49. The van der Waals surface area contributed by atoms with Crippen LogP contribution in [0.25, 0.3) is 0 Å². The fourth-order valence-corrected chi connectivity index (χ4v) is 3.24. The lowest BCUT2D eigenvalue weighted by Gasteiger charge is -2.33. The number of carbonyl (C=O) groups excluding carboxylic acids is 1. The molecule has 0 radical (unpaired) electrons. The first-order chi connectivity index (χ1) is 10.1. The van der Waals surface area contributed by atoms with Crippen LogP contribution < -0.4 is 5.32 Å². The van der Waals surface area contributed by atoms with E-state index in [2.05, 4.69) is 5.32 Å². The molecule has 3 rings (SSSR count). The highest BCUT2D eigenvalue weighted by Crippen LogP contribution is 2.30. The van der Waals surface area contributed by atoms with E-state index in [0.29, 0.717) is 19.5 Å². The standard InChI is InChI=1S/C15H20N2O4/c18-14(19)10-3-2-7-17(9-10)15(20)16-12-4-1-5-13-11(12)6-8-21-13/h6,8,10,12H,1-5,7,9H2,(H,16,20)(H,18,19). The highest BCUT2D eigenvalue weighted by atomic mass is 16.4. The molecule has 1 aromatic heterocycles. The lowest BCUT2D eigenvalue weighted by Crippen LogP contribution is -2.48. The van der Waals surface area contributed by atoms with Crippen molar-refractivity contribution in [2.24, 2.45) is 5.92 Å². The number of fused-ring (bicyclic) bond motifs is 1. The van der Waals surface area contributed by atoms with Gasteiger partial charge in [-0.2, -0.15) is 0 Å². The number of piperidine rings is 1. The molecule has 2 amide bonds. The van der Waals surface area contributed by atoms with Gasteiger partial charge in [0.15, 0.2) is 0 Å². The molecule has 2 unspecified atom stereocenters. The van der Waals surface area contributed by atoms with Crippen LogP contribution >= 0.6 is 0 Å². The highest BCUT2D eigenvalue weighted by Gasteiger charge is 2.30. The molecule has 0 spiro atoms. The van der Waals surface area contributed by atoms with Crippen molar-refractivity contribution in [1.82, 2.24) is 10.2 Å². The smallest absolute Gasteiger partial charge is 0.317 e. The Kier molecular flexibility index (Phi) is 3.86. The third-order valence-corrected chi connectivity index (χ3v) is 4.41. The fourth-order valence-electron chi connectivity index (χ4n) is 3.24. The predicted octanol–water partition coefficient (Wildman–Crippen LogP) is 2.16. The summed E-state index contributed by atoms with van der Waals surface area (Å²) in [5.74, 6) is -0.309. The number of amides is 2. The largest absolute Gasteiger partial charge is 0.481 e. The Morgan fingerprint density at radius 3 is 3.00 bits per heavy atom. The molecule has 114 valence electrons. The van der Waals surface area contributed by atoms with Crippen LogP contribution in [0.4, 0.5) is 4.79 Å². The number of aryl methyl sites for hydroxylation is 1. The summed E-state index contributed by atoms with van der Waals surface area (Å²) >= 11 is 0. The van der Waals surface area contributed by atoms with Crippen LogP contribution in [0, 0.1) is 5.92 Å². The fraction of sp³-hybridized carbons (Fsp3) is 0.600. The summed E-state index contributed by atoms with van der Waals surface area (Å²) in [7, 11) is 0. The number of furan rings is 1. The molecule has 1 aromatic rings. The Morgan fingerprint density at radius 1 is 1.33 bits per heavy atom. The maximum atomic E-state index is 12.4. The van der Waals surface area contributed by atoms with Gasteiger partial charge >= 0.3 is 12.0 Å². The maximum absolute atomic E-state index is 12.4. The van der Waals surface area contributed by atoms with Gasteiger partial charge < -0.3 is 19.7 Å². The Bertz CT molecular complexity index is 540. The van der Waals surface area contributed by atoms with Gasteiger partial charge in [-0.25, -0.2) is 4.79 Å². The van der Waals surface area contributed by atoms with Crippen LogP contribution in [0.3, 0.4) is 0 Å². The average molecular weight is 292 g/mol. The van der Waals surface area contributed by atoms with Crippen LogP contribution in [-0.4, -0.2) is 35.1 Å². The molecule has 0 bridgehead atoms. The Labute approximate surface area is 123 Å². The lowest BCUT2D eigenvalue weighted by molar-refractivity contribution is -0.143. The Hall–Kier alpha value is -1.98. The van der Waals surface area contributed by atoms with Crippen molar-refractivity contribution < 1.29 is 19.1 Å². The molecule has 1 saturated heterocycles. The number of carboxylic acids is 1. The topological polar surface area (TPSA) is 82.8 Å². The van der Waals surface area contributed by atoms with Gasteiger partial charge in [-0.05, 0) is 31.7 Å². The van der Waals surface area contributed by atoms with Crippen molar-refractivity contribution in [3.05, 3.63) is 23.7 Å². The van der Waals surface area contributed by atoms with Crippen molar-refractivity contribution in [2.45, 2.75) is 38.1 Å². The molecule has 2 N–H and O–H groups in total. The van der Waals surface area contributed by atoms with Gasteiger partial charge in [-0.1, -0.05) is 0 Å². The van der Waals surface area contributed by atoms with E-state index in [4.69, 9.17) is 9.52 Å². The van der Waals surface area contributed by atoms with Crippen molar-refractivity contribution in [3.63, 3.8) is 0 Å². The molecule has 2 atom stereocenters. The quantitative estimate of drug-likeness (QED) is 0.875. The van der Waals surface area contributed by atoms with Crippen molar-refractivity contribution in [1.29, 1.82) is 0 Å². The number of urea groups is 1. The van der Waals surface area contributed by atoms with Crippen LogP contribution in [0.5, 0.6) is 0 Å². The zero-order chi connectivity index (χ0) is 14.8. The molecule has 0 aromatic carbocycles. The van der Waals surface area contributed by atoms with Gasteiger partial charge in [0.1, 0.15) is 5.76 Å². The van der Waals surface area contributed by atoms with Gasteiger partial charge in [0.25, 0.3) is 0 Å². The summed E-state index contributed by atoms with van der Waals surface area (Å²) in [4.78, 5) is 25.0. The summed E-state index contributed by atoms with van der Waals surface area (Å²) in [6.07, 6.45) is 5.86. The first kappa shape index (κ1) is 14.0. The van der Waals surface area contributed by atoms with Crippen LogP contribution in [0.15, 0.2) is 16.7 Å². The van der Waals surface area contributed by atoms with E-state index in [1.54, 1.807) is 11.2 Å². The minimum atomic E-state index is -0.817. The summed E-state index contributed by atoms with van der Waals surface area (Å²) in [6, 6.07) is 1.72. The van der Waals surface area contributed by atoms with E-state index in [-0.39, 0.29) is 12.1 Å². The van der Waals surface area contributed by atoms with Crippen LogP contribution in [0.2, 0.25) is 0 Å². The van der Waals surface area contributed by atoms with Gasteiger partial charge in [0.2, 0.25) is 0 Å². The summed E-state index contributed by atoms with van der Waals surface area (Å²) in [6.45, 7) is 0.923. The molecule has 6 heteroatoms. The van der Waals surface area contributed by atoms with Crippen LogP contribution in [-0.2, 0) is 11.2 Å². The van der Waals surface area contributed by atoms with E-state index >= 15 is 0 Å². The molecular weight excluding hydrogens is 272 g/mol. The summed E-state index contributed by atoms with van der Waals surface area (Å²) in [5, 5.41) is 12.1. The number of nitrogens with one attached hydrogen (secondary N) is 1. The second-order valence-corrected chi connectivity index (χ2v) is 5.82. The van der Waals surface area contributed by atoms with Gasteiger partial charge in [0, 0.05) is 25.1 Å². The number of rotatable bonds is 2. The number of hydrogen-bond acceptors (Lipinski definition) is 3. The normalized spacial score (nSPS) is 25.2. The van der Waals surface area contributed by atoms with Gasteiger partial charge in [0.05, 0.1) is 18.2 Å². The molecule has 0 saturated carbocycles. The molecule has 1 aliphatic heterocycles. The zero-order valence-electron chi connectivity index (χ0n) is 11.9. The Morgan fingerprint density at radius 2 is 2.19 bits per heavy atom. The number of carboxylic acid groups (broad SMARTS) is 1. The molecule has 1 aliphatic carbocycles. The third kappa shape index (κ3) is 2.89. The van der Waals surface area contributed by atoms with E-state index in [0.717, 1.165) is 37.0 Å². The molecule has 1 fully saturated rings. The van der Waals surface area contributed by atoms with Crippen molar-refractivity contribution in [2.75, 3.05) is 13.1 Å². The van der Waals surface area contributed by atoms with E-state index in [9.17, 15) is 9.59 Å². The zero-order valence-corrected chi connectivity index (χ0v) is 11.9. The number of likely N-dealkylation sites (tertiary alicyclic amines) is 1. The predicted molar refractivity (Wildman–Crippen MR) is 74.9 cm³/mol. The van der Waals surface area contributed by atoms with E-state index in [1.807, 2.05) is 6.07 Å². The highest BCUT2D eigenvalue weighted by molar-refractivity contribution is 5.77. The second kappa shape index (κ2) is 5.79. The molecule has 6 nitrogen and oxygen atoms in total. The van der Waals surface area contributed by atoms with Crippen molar-refractivity contribution >= 4 is 12.0 Å². The molecule has 21 heavy (non-hydrogen) atoms. The molecular formula is C15H20N2O4. The van der Waals surface area contributed by atoms with Crippen molar-refractivity contribution in [3.8, 4) is 0 Å². The van der Waals surface area contributed by atoms with Crippen LogP contribution in [0.1, 0.15) is 43.0 Å². The minimum Gasteiger partial charge on any atom is -0.481 e. The third-order valence-electron chi connectivity index (χ3n) is 4.41. The molecule has 2 heterocycles. The number of aliphatic carboxylic acids is 1. The van der Waals surface area contributed by atoms with E-state index in [1.165, 1.54) is 0 Å². The SMILES string of the molecule is O=C(O)C1CCCN(C(=O)NC2CCCc3occc32)C1. The number of hydrogen-bond donors (Lipinski definition) is 2. The Balaban J connectivity index is 1.63. The second-order valence-electron chi connectivity index (χ2n) is 5.82. The average Bonchev–Trinajstić information content (AvgIpc) is 2.97. The summed E-state index contributed by atoms with van der Waals surface area (Å²) < 4.78 is 5.42. The molecule has 2 aliphatic rings. The van der Waals surface area contributed by atoms with E-state index < -0.39 is 11.9 Å². The number of nitrogens with zero attached hydrogens (tertiary/aromatic N) is 1. The van der Waals surface area contributed by atoms with Gasteiger partial charge in [-0.15, -0.1) is 0 Å². The minimum absolute atomic E-state index is 0.0230. The first-order valence-electron chi connectivity index (χ1n) is 7.49. The number of carbonyl (C=O) groups is 2. The monoisotopic (exact) mass is 292 g/mol. The maximum Gasteiger partial charge on any atom is 0.317 e.